The minimum absolute atomic E-state index is 0.954. The van der Waals surface area contributed by atoms with Crippen molar-refractivity contribution in [3.63, 3.8) is 0 Å². The molecule has 1 aliphatic heterocycles. The second-order valence-corrected chi connectivity index (χ2v) is 4.96. The van der Waals surface area contributed by atoms with Crippen LogP contribution in [0.5, 0.6) is 0 Å². The van der Waals surface area contributed by atoms with Crippen LogP contribution < -0.4 is 0 Å². The molecule has 1 unspecified atom stereocenters. The third-order valence-electron chi connectivity index (χ3n) is 3.34. The monoisotopic (exact) mass is 197 g/mol. The molecule has 84 valence electrons. The Hall–Kier alpha value is -0.0400. The molecule has 0 spiro atoms. The normalized spacial score (nSPS) is 23.1. The van der Waals surface area contributed by atoms with E-state index in [4.69, 9.17) is 0 Å². The SMILES string of the molecule is CCCCCCCCN1CCC(C)C1. The van der Waals surface area contributed by atoms with Crippen LogP contribution in [0.15, 0.2) is 0 Å². The Labute approximate surface area is 89.9 Å². The first kappa shape index (κ1) is 12.0. The molecule has 1 saturated heterocycles. The summed E-state index contributed by atoms with van der Waals surface area (Å²) in [7, 11) is 0. The molecule has 1 heteroatoms. The van der Waals surface area contributed by atoms with Crippen molar-refractivity contribution in [3.8, 4) is 0 Å². The molecule has 1 atom stereocenters. The fourth-order valence-electron chi connectivity index (χ4n) is 2.35. The number of nitrogens with zero attached hydrogens (tertiary/aromatic N) is 1. The highest BCUT2D eigenvalue weighted by Crippen LogP contribution is 2.15. The van der Waals surface area contributed by atoms with Crippen LogP contribution in [0.3, 0.4) is 0 Å². The lowest BCUT2D eigenvalue weighted by atomic mass is 10.1. The Kier molecular flexibility index (Phi) is 6.25. The van der Waals surface area contributed by atoms with E-state index in [1.54, 1.807) is 0 Å². The van der Waals surface area contributed by atoms with Gasteiger partial charge in [-0.25, -0.2) is 0 Å². The smallest absolute Gasteiger partial charge is 0.000750 e. The predicted octanol–water partition coefficient (Wildman–Crippen LogP) is 3.69. The Morgan fingerprint density at radius 1 is 1.07 bits per heavy atom. The van der Waals surface area contributed by atoms with Gasteiger partial charge in [-0.1, -0.05) is 46.0 Å². The zero-order chi connectivity index (χ0) is 10.2. The summed E-state index contributed by atoms with van der Waals surface area (Å²) in [6, 6.07) is 0. The zero-order valence-corrected chi connectivity index (χ0v) is 10.1. The van der Waals surface area contributed by atoms with Crippen molar-refractivity contribution in [2.24, 2.45) is 5.92 Å². The second kappa shape index (κ2) is 7.28. The van der Waals surface area contributed by atoms with Gasteiger partial charge in [0.1, 0.15) is 0 Å². The Bertz CT molecular complexity index is 133. The van der Waals surface area contributed by atoms with Crippen molar-refractivity contribution in [1.29, 1.82) is 0 Å². The van der Waals surface area contributed by atoms with Gasteiger partial charge in [0.25, 0.3) is 0 Å². The molecular weight excluding hydrogens is 170 g/mol. The molecule has 0 aromatic rings. The van der Waals surface area contributed by atoms with Gasteiger partial charge in [-0.15, -0.1) is 0 Å². The van der Waals surface area contributed by atoms with Crippen molar-refractivity contribution in [3.05, 3.63) is 0 Å². The van der Waals surface area contributed by atoms with Gasteiger partial charge in [0.15, 0.2) is 0 Å². The van der Waals surface area contributed by atoms with Crippen molar-refractivity contribution in [2.75, 3.05) is 19.6 Å². The van der Waals surface area contributed by atoms with Crippen molar-refractivity contribution in [1.82, 2.24) is 4.90 Å². The van der Waals surface area contributed by atoms with Gasteiger partial charge in [-0.3, -0.25) is 0 Å². The summed E-state index contributed by atoms with van der Waals surface area (Å²) in [5.41, 5.74) is 0. The average molecular weight is 197 g/mol. The standard InChI is InChI=1S/C13H27N/c1-3-4-5-6-7-8-10-14-11-9-13(2)12-14/h13H,3-12H2,1-2H3. The van der Waals surface area contributed by atoms with Crippen LogP contribution in [0.1, 0.15) is 58.8 Å². The molecule has 0 aromatic heterocycles. The van der Waals surface area contributed by atoms with Gasteiger partial charge in [0, 0.05) is 6.54 Å². The van der Waals surface area contributed by atoms with Crippen LogP contribution in [0.4, 0.5) is 0 Å². The molecule has 14 heavy (non-hydrogen) atoms. The van der Waals surface area contributed by atoms with Gasteiger partial charge in [0.05, 0.1) is 0 Å². The molecule has 0 saturated carbocycles. The number of rotatable bonds is 7. The fourth-order valence-corrected chi connectivity index (χ4v) is 2.35. The van der Waals surface area contributed by atoms with Gasteiger partial charge >= 0.3 is 0 Å². The third kappa shape index (κ3) is 4.99. The average Bonchev–Trinajstić information content (AvgIpc) is 2.58. The Morgan fingerprint density at radius 3 is 2.43 bits per heavy atom. The molecule has 1 rings (SSSR count). The van der Waals surface area contributed by atoms with Gasteiger partial charge in [0.2, 0.25) is 0 Å². The number of hydrogen-bond acceptors (Lipinski definition) is 1. The first-order chi connectivity index (χ1) is 6.83. The molecule has 1 fully saturated rings. The van der Waals surface area contributed by atoms with Crippen LogP contribution >= 0.6 is 0 Å². The maximum absolute atomic E-state index is 2.64. The predicted molar refractivity (Wildman–Crippen MR) is 63.6 cm³/mol. The van der Waals surface area contributed by atoms with E-state index < -0.39 is 0 Å². The third-order valence-corrected chi connectivity index (χ3v) is 3.34. The fraction of sp³-hybridized carbons (Fsp3) is 1.00. The quantitative estimate of drug-likeness (QED) is 0.563. The highest BCUT2D eigenvalue weighted by molar-refractivity contribution is 4.71. The highest BCUT2D eigenvalue weighted by Gasteiger charge is 2.17. The molecule has 0 aromatic carbocycles. The van der Waals surface area contributed by atoms with Crippen LogP contribution in [0, 0.1) is 5.92 Å². The second-order valence-electron chi connectivity index (χ2n) is 4.96. The summed E-state index contributed by atoms with van der Waals surface area (Å²) in [5.74, 6) is 0.954. The maximum atomic E-state index is 2.64. The molecule has 1 nitrogen and oxygen atoms in total. The summed E-state index contributed by atoms with van der Waals surface area (Å²) < 4.78 is 0. The van der Waals surface area contributed by atoms with Crippen LogP contribution in [0.2, 0.25) is 0 Å². The molecule has 0 aliphatic carbocycles. The first-order valence-electron chi connectivity index (χ1n) is 6.55. The van der Waals surface area contributed by atoms with E-state index >= 15 is 0 Å². The summed E-state index contributed by atoms with van der Waals surface area (Å²) in [6.07, 6.45) is 10.0. The van der Waals surface area contributed by atoms with Crippen molar-refractivity contribution in [2.45, 2.75) is 58.8 Å². The summed E-state index contributed by atoms with van der Waals surface area (Å²) in [4.78, 5) is 2.64. The summed E-state index contributed by atoms with van der Waals surface area (Å²) in [6.45, 7) is 8.73. The lowest BCUT2D eigenvalue weighted by molar-refractivity contribution is 0.317. The largest absolute Gasteiger partial charge is 0.303 e. The van der Waals surface area contributed by atoms with Gasteiger partial charge < -0.3 is 4.90 Å². The minimum atomic E-state index is 0.954. The molecule has 0 bridgehead atoms. The Balaban J connectivity index is 1.84. The van der Waals surface area contributed by atoms with Crippen LogP contribution in [-0.4, -0.2) is 24.5 Å². The van der Waals surface area contributed by atoms with E-state index in [-0.39, 0.29) is 0 Å². The Morgan fingerprint density at radius 2 is 1.79 bits per heavy atom. The van der Waals surface area contributed by atoms with E-state index in [2.05, 4.69) is 18.7 Å². The topological polar surface area (TPSA) is 3.24 Å². The van der Waals surface area contributed by atoms with Crippen LogP contribution in [0.25, 0.3) is 0 Å². The summed E-state index contributed by atoms with van der Waals surface area (Å²) >= 11 is 0. The van der Waals surface area contributed by atoms with Gasteiger partial charge in [-0.05, 0) is 31.8 Å². The number of unbranched alkanes of at least 4 members (excludes halogenated alkanes) is 5. The van der Waals surface area contributed by atoms with Gasteiger partial charge in [-0.2, -0.15) is 0 Å². The van der Waals surface area contributed by atoms with E-state index in [1.807, 2.05) is 0 Å². The van der Waals surface area contributed by atoms with E-state index in [0.717, 1.165) is 5.92 Å². The van der Waals surface area contributed by atoms with Crippen molar-refractivity contribution >= 4 is 0 Å². The van der Waals surface area contributed by atoms with E-state index in [1.165, 1.54) is 64.6 Å². The first-order valence-corrected chi connectivity index (χ1v) is 6.55. The lowest BCUT2D eigenvalue weighted by Crippen LogP contribution is -2.21. The highest BCUT2D eigenvalue weighted by atomic mass is 15.1. The van der Waals surface area contributed by atoms with Crippen molar-refractivity contribution < 1.29 is 0 Å². The molecule has 0 N–H and O–H groups in total. The molecule has 0 amide bonds. The molecule has 0 radical (unpaired) electrons. The molecule has 1 heterocycles. The number of likely N-dealkylation sites (tertiary alicyclic amines) is 1. The lowest BCUT2D eigenvalue weighted by Gasteiger charge is -2.14. The number of hydrogen-bond donors (Lipinski definition) is 0. The van der Waals surface area contributed by atoms with E-state index in [9.17, 15) is 0 Å². The minimum Gasteiger partial charge on any atom is -0.303 e. The zero-order valence-electron chi connectivity index (χ0n) is 10.1. The van der Waals surface area contributed by atoms with Crippen LogP contribution in [-0.2, 0) is 0 Å². The molecular formula is C13H27N. The van der Waals surface area contributed by atoms with E-state index in [0.29, 0.717) is 0 Å². The maximum Gasteiger partial charge on any atom is 0.000750 e. The molecule has 1 aliphatic rings. The summed E-state index contributed by atoms with van der Waals surface area (Å²) in [5, 5.41) is 0.